The lowest BCUT2D eigenvalue weighted by molar-refractivity contribution is 0.0730. The first kappa shape index (κ1) is 23.7. The molecule has 2 heterocycles. The molecule has 0 spiro atoms. The number of aromatic nitrogens is 1. The first-order chi connectivity index (χ1) is 14.7. The molecule has 1 aliphatic heterocycles. The van der Waals surface area contributed by atoms with Gasteiger partial charge < -0.3 is 9.30 Å². The van der Waals surface area contributed by atoms with E-state index < -0.39 is 10.0 Å². The molecule has 3 rings (SSSR count). The van der Waals surface area contributed by atoms with Gasteiger partial charge in [0.05, 0.1) is 24.7 Å². The average molecular weight is 448 g/mol. The zero-order valence-corrected chi connectivity index (χ0v) is 19.9. The van der Waals surface area contributed by atoms with Crippen molar-refractivity contribution in [3.05, 3.63) is 47.3 Å². The topological polar surface area (TPSA) is 71.9 Å². The van der Waals surface area contributed by atoms with E-state index in [1.165, 1.54) is 4.31 Å². The summed E-state index contributed by atoms with van der Waals surface area (Å²) in [6, 6.07) is 9.15. The second kappa shape index (κ2) is 9.65. The van der Waals surface area contributed by atoms with Crippen molar-refractivity contribution >= 4 is 15.8 Å². The van der Waals surface area contributed by atoms with Gasteiger partial charge in [-0.25, -0.2) is 8.42 Å². The third kappa shape index (κ3) is 4.92. The zero-order valence-electron chi connectivity index (χ0n) is 19.1. The minimum atomic E-state index is -3.59. The maximum Gasteiger partial charge on any atom is 0.243 e. The third-order valence-corrected chi connectivity index (χ3v) is 8.05. The molecule has 7 nitrogen and oxygen atoms in total. The van der Waals surface area contributed by atoms with Gasteiger partial charge in [-0.05, 0) is 58.5 Å². The van der Waals surface area contributed by atoms with Gasteiger partial charge in [0, 0.05) is 41.8 Å². The molecule has 0 saturated carbocycles. The highest BCUT2D eigenvalue weighted by Crippen LogP contribution is 2.25. The predicted molar refractivity (Wildman–Crippen MR) is 122 cm³/mol. The first-order valence-corrected chi connectivity index (χ1v) is 12.2. The molecule has 1 saturated heterocycles. The molecule has 31 heavy (non-hydrogen) atoms. The Balaban J connectivity index is 1.92. The molecule has 170 valence electrons. The third-order valence-electron chi connectivity index (χ3n) is 6.15. The lowest BCUT2D eigenvalue weighted by Crippen LogP contribution is -2.40. The number of likely N-dealkylation sites (N-methyl/N-ethyl adjacent to an activating group) is 1. The van der Waals surface area contributed by atoms with Gasteiger partial charge in [-0.15, -0.1) is 0 Å². The Morgan fingerprint density at radius 2 is 1.87 bits per heavy atom. The fraction of sp³-hybridized carbons (Fsp3) is 0.522. The molecule has 1 aliphatic rings. The van der Waals surface area contributed by atoms with E-state index in [9.17, 15) is 13.2 Å². The number of morpholine rings is 1. The van der Waals surface area contributed by atoms with Crippen LogP contribution in [-0.2, 0) is 14.8 Å². The standard InChI is InChI=1S/C23H33N3O4S/c1-6-17(2)24(5)16-23(27)22-14-18(3)26(19(22)4)20-8-7-9-21(15-20)31(28,29)25-10-12-30-13-11-25/h7-9,14-15,17H,6,10-13,16H2,1-5H3. The summed E-state index contributed by atoms with van der Waals surface area (Å²) in [7, 11) is -1.63. The number of Topliss-reactive ketones (excluding diaryl/α,β-unsaturated/α-hetero) is 1. The van der Waals surface area contributed by atoms with E-state index in [4.69, 9.17) is 4.74 Å². The number of rotatable bonds is 8. The maximum absolute atomic E-state index is 13.1. The van der Waals surface area contributed by atoms with Gasteiger partial charge in [0.1, 0.15) is 0 Å². The molecule has 0 radical (unpaired) electrons. The van der Waals surface area contributed by atoms with E-state index in [0.717, 1.165) is 23.5 Å². The quantitative estimate of drug-likeness (QED) is 0.582. The van der Waals surface area contributed by atoms with Gasteiger partial charge in [-0.2, -0.15) is 4.31 Å². The van der Waals surface area contributed by atoms with Gasteiger partial charge in [0.2, 0.25) is 10.0 Å². The van der Waals surface area contributed by atoms with Gasteiger partial charge in [0.25, 0.3) is 0 Å². The van der Waals surface area contributed by atoms with Crippen molar-refractivity contribution in [2.24, 2.45) is 0 Å². The maximum atomic E-state index is 13.1. The van der Waals surface area contributed by atoms with E-state index in [1.807, 2.05) is 37.6 Å². The summed E-state index contributed by atoms with van der Waals surface area (Å²) in [6.45, 7) is 9.94. The summed E-state index contributed by atoms with van der Waals surface area (Å²) >= 11 is 0. The van der Waals surface area contributed by atoms with E-state index in [1.54, 1.807) is 18.2 Å². The lowest BCUT2D eigenvalue weighted by atomic mass is 10.1. The van der Waals surface area contributed by atoms with Gasteiger partial charge in [-0.3, -0.25) is 9.69 Å². The van der Waals surface area contributed by atoms with Crippen molar-refractivity contribution in [2.75, 3.05) is 39.9 Å². The fourth-order valence-electron chi connectivity index (χ4n) is 3.94. The van der Waals surface area contributed by atoms with Crippen LogP contribution in [-0.4, -0.2) is 73.9 Å². The molecule has 8 heteroatoms. The van der Waals surface area contributed by atoms with E-state index >= 15 is 0 Å². The van der Waals surface area contributed by atoms with Crippen molar-refractivity contribution in [1.29, 1.82) is 0 Å². The number of ketones is 1. The smallest absolute Gasteiger partial charge is 0.243 e. The number of carbonyl (C=O) groups excluding carboxylic acids is 1. The van der Waals surface area contributed by atoms with Crippen molar-refractivity contribution in [1.82, 2.24) is 13.8 Å². The number of nitrogens with zero attached hydrogens (tertiary/aromatic N) is 3. The highest BCUT2D eigenvalue weighted by molar-refractivity contribution is 7.89. The Hall–Kier alpha value is -2.00. The second-order valence-corrected chi connectivity index (χ2v) is 10.2. The number of benzene rings is 1. The zero-order chi connectivity index (χ0) is 22.8. The summed E-state index contributed by atoms with van der Waals surface area (Å²) < 4.78 is 34.8. The Morgan fingerprint density at radius 3 is 2.52 bits per heavy atom. The number of hydrogen-bond acceptors (Lipinski definition) is 5. The van der Waals surface area contributed by atoms with Crippen LogP contribution in [0.4, 0.5) is 0 Å². The van der Waals surface area contributed by atoms with Crippen LogP contribution in [0.2, 0.25) is 0 Å². The number of hydrogen-bond donors (Lipinski definition) is 0. The van der Waals surface area contributed by atoms with Crippen LogP contribution in [0.3, 0.4) is 0 Å². The van der Waals surface area contributed by atoms with Crippen LogP contribution in [0.1, 0.15) is 42.0 Å². The van der Waals surface area contributed by atoms with Crippen molar-refractivity contribution in [3.8, 4) is 5.69 Å². The van der Waals surface area contributed by atoms with E-state index in [0.29, 0.717) is 44.5 Å². The molecular formula is C23H33N3O4S. The van der Waals surface area contributed by atoms with E-state index in [2.05, 4.69) is 18.7 Å². The number of aryl methyl sites for hydroxylation is 1. The summed E-state index contributed by atoms with van der Waals surface area (Å²) in [4.78, 5) is 15.3. The van der Waals surface area contributed by atoms with Gasteiger partial charge in [-0.1, -0.05) is 13.0 Å². The van der Waals surface area contributed by atoms with Crippen LogP contribution >= 0.6 is 0 Å². The average Bonchev–Trinajstić information content (AvgIpc) is 3.07. The fourth-order valence-corrected chi connectivity index (χ4v) is 5.39. The van der Waals surface area contributed by atoms with Gasteiger partial charge in [0.15, 0.2) is 5.78 Å². The molecule has 2 aromatic rings. The molecule has 1 aromatic heterocycles. The Bertz CT molecular complexity index is 1040. The minimum absolute atomic E-state index is 0.0687. The Kier molecular flexibility index (Phi) is 7.36. The Labute approximate surface area is 185 Å². The molecule has 1 unspecified atom stereocenters. The first-order valence-electron chi connectivity index (χ1n) is 10.8. The lowest BCUT2D eigenvalue weighted by Gasteiger charge is -2.26. The van der Waals surface area contributed by atoms with Crippen LogP contribution in [0.25, 0.3) is 5.69 Å². The van der Waals surface area contributed by atoms with Crippen LogP contribution in [0, 0.1) is 13.8 Å². The molecule has 0 bridgehead atoms. The molecule has 0 N–H and O–H groups in total. The molecule has 1 atom stereocenters. The summed E-state index contributed by atoms with van der Waals surface area (Å²) in [5.74, 6) is 0.0687. The number of sulfonamides is 1. The summed E-state index contributed by atoms with van der Waals surface area (Å²) in [5, 5.41) is 0. The SMILES string of the molecule is CCC(C)N(C)CC(=O)c1cc(C)n(-c2cccc(S(=O)(=O)N3CCOCC3)c2)c1C. The molecular weight excluding hydrogens is 414 g/mol. The second-order valence-electron chi connectivity index (χ2n) is 8.23. The molecule has 0 aliphatic carbocycles. The predicted octanol–water partition coefficient (Wildman–Crippen LogP) is 3.03. The minimum Gasteiger partial charge on any atom is -0.379 e. The molecule has 0 amide bonds. The van der Waals surface area contributed by atoms with Crippen LogP contribution in [0.15, 0.2) is 35.2 Å². The highest BCUT2D eigenvalue weighted by atomic mass is 32.2. The number of carbonyl (C=O) groups is 1. The Morgan fingerprint density at radius 1 is 1.19 bits per heavy atom. The van der Waals surface area contributed by atoms with Crippen molar-refractivity contribution in [3.63, 3.8) is 0 Å². The highest BCUT2D eigenvalue weighted by Gasteiger charge is 2.27. The normalized spacial score (nSPS) is 16.6. The molecule has 1 fully saturated rings. The van der Waals surface area contributed by atoms with Gasteiger partial charge >= 0.3 is 0 Å². The molecule has 1 aromatic carbocycles. The summed E-state index contributed by atoms with van der Waals surface area (Å²) in [5.41, 5.74) is 3.13. The van der Waals surface area contributed by atoms with Crippen LogP contribution < -0.4 is 0 Å². The number of ether oxygens (including phenoxy) is 1. The van der Waals surface area contributed by atoms with E-state index in [-0.39, 0.29) is 10.7 Å². The largest absolute Gasteiger partial charge is 0.379 e. The van der Waals surface area contributed by atoms with Crippen LogP contribution in [0.5, 0.6) is 0 Å². The van der Waals surface area contributed by atoms with Crippen molar-refractivity contribution in [2.45, 2.75) is 45.1 Å². The summed E-state index contributed by atoms with van der Waals surface area (Å²) in [6.07, 6.45) is 0.979. The monoisotopic (exact) mass is 447 g/mol. The van der Waals surface area contributed by atoms with Crippen molar-refractivity contribution < 1.29 is 17.9 Å².